The second kappa shape index (κ2) is 43.4. The maximum absolute atomic E-state index is 12.0. The highest BCUT2D eigenvalue weighted by Gasteiger charge is 2.05. The van der Waals surface area contributed by atoms with Crippen molar-refractivity contribution in [3.8, 4) is 0 Å². The van der Waals surface area contributed by atoms with Crippen LogP contribution in [0.5, 0.6) is 0 Å². The van der Waals surface area contributed by atoms with Gasteiger partial charge in [-0.3, -0.25) is 19.2 Å². The lowest BCUT2D eigenvalue weighted by Crippen LogP contribution is -2.32. The molecular weight excluding hydrogens is 696 g/mol. The largest absolute Gasteiger partial charge is 0.377 e. The van der Waals surface area contributed by atoms with Crippen LogP contribution in [0.1, 0.15) is 129 Å². The zero-order valence-electron chi connectivity index (χ0n) is 34.1. The third-order valence-electron chi connectivity index (χ3n) is 8.38. The number of rotatable bonds is 43. The Morgan fingerprint density at radius 3 is 0.981 bits per heavy atom. The second-order valence-electron chi connectivity index (χ2n) is 13.4. The molecule has 0 aliphatic carbocycles. The number of carbonyl (C=O) groups excluding carboxylic acids is 4. The van der Waals surface area contributed by atoms with Crippen LogP contribution in [0, 0.1) is 0 Å². The molecule has 54 heavy (non-hydrogen) atoms. The van der Waals surface area contributed by atoms with Crippen LogP contribution in [0.2, 0.25) is 0 Å². The first-order valence-corrected chi connectivity index (χ1v) is 21.0. The van der Waals surface area contributed by atoms with Crippen LogP contribution in [0.3, 0.4) is 0 Å². The van der Waals surface area contributed by atoms with Crippen molar-refractivity contribution in [2.45, 2.75) is 129 Å². The molecule has 0 fully saturated rings. The van der Waals surface area contributed by atoms with Gasteiger partial charge in [-0.25, -0.2) is 0 Å². The minimum atomic E-state index is -0.260. The number of ether oxygens (including phenoxy) is 6. The zero-order valence-corrected chi connectivity index (χ0v) is 34.1. The van der Waals surface area contributed by atoms with Crippen LogP contribution in [0.15, 0.2) is 0 Å². The van der Waals surface area contributed by atoms with Crippen LogP contribution in [-0.2, 0) is 47.6 Å². The molecule has 0 saturated carbocycles. The fourth-order valence-corrected chi connectivity index (χ4v) is 5.25. The molecule has 4 N–H and O–H groups in total. The quantitative estimate of drug-likeness (QED) is 0.0642. The molecule has 318 valence electrons. The third kappa shape index (κ3) is 42.4. The lowest BCUT2D eigenvalue weighted by molar-refractivity contribution is -0.127. The predicted octanol–water partition coefficient (Wildman–Crippen LogP) is 4.61. The van der Waals surface area contributed by atoms with Crippen molar-refractivity contribution in [3.63, 3.8) is 0 Å². The first-order chi connectivity index (χ1) is 26.5. The van der Waals surface area contributed by atoms with Crippen molar-refractivity contribution in [2.24, 2.45) is 0 Å². The molecule has 14 heteroatoms. The van der Waals surface area contributed by atoms with E-state index in [0.717, 1.165) is 25.7 Å². The van der Waals surface area contributed by atoms with Gasteiger partial charge in [0.2, 0.25) is 23.6 Å². The van der Waals surface area contributed by atoms with Crippen LogP contribution < -0.4 is 21.3 Å². The fraction of sp³-hybridized carbons (Fsp3) is 0.900. The summed E-state index contributed by atoms with van der Waals surface area (Å²) >= 11 is 0. The monoisotopic (exact) mass is 775 g/mol. The zero-order chi connectivity index (χ0) is 39.4. The summed E-state index contributed by atoms with van der Waals surface area (Å²) < 4.78 is 32.1. The van der Waals surface area contributed by atoms with Gasteiger partial charge >= 0.3 is 0 Å². The molecule has 0 spiro atoms. The standard InChI is InChI=1S/C40H78N4O10/c1-3-5-7-8-9-10-11-12-13-14-15-16-17-18-19-20-37(45)42-22-25-49-28-32-53-35-39(47)44-24-27-51-30-33-54-36-40(48)43-23-26-50-29-31-52-34-38(46)41-21-6-4-2/h3-36H2,1-2H3,(H,41,46)(H,42,45)(H,43,48)(H,44,47). The summed E-state index contributed by atoms with van der Waals surface area (Å²) in [5.41, 5.74) is 0. The summed E-state index contributed by atoms with van der Waals surface area (Å²) in [6, 6.07) is 0. The molecule has 0 atom stereocenters. The Morgan fingerprint density at radius 1 is 0.315 bits per heavy atom. The molecule has 0 heterocycles. The number of nitrogens with one attached hydrogen (secondary N) is 4. The van der Waals surface area contributed by atoms with Gasteiger partial charge in [0.05, 0.1) is 59.5 Å². The van der Waals surface area contributed by atoms with Crippen LogP contribution in [0.4, 0.5) is 0 Å². The van der Waals surface area contributed by atoms with E-state index < -0.39 is 0 Å². The van der Waals surface area contributed by atoms with Gasteiger partial charge in [-0.05, 0) is 12.8 Å². The van der Waals surface area contributed by atoms with Crippen molar-refractivity contribution in [1.82, 2.24) is 21.3 Å². The Balaban J connectivity index is 3.33. The summed E-state index contributed by atoms with van der Waals surface area (Å²) in [6.07, 6.45) is 22.2. The first kappa shape index (κ1) is 51.6. The molecule has 14 nitrogen and oxygen atoms in total. The molecular formula is C40H78N4O10. The molecule has 0 aliphatic heterocycles. The molecule has 0 bridgehead atoms. The van der Waals surface area contributed by atoms with Crippen molar-refractivity contribution in [3.05, 3.63) is 0 Å². The predicted molar refractivity (Wildman–Crippen MR) is 211 cm³/mol. The average Bonchev–Trinajstić information content (AvgIpc) is 3.16. The van der Waals surface area contributed by atoms with Crippen molar-refractivity contribution in [2.75, 3.05) is 105 Å². The number of unbranched alkanes of at least 4 members (excludes halogenated alkanes) is 15. The van der Waals surface area contributed by atoms with E-state index in [1.165, 1.54) is 83.5 Å². The summed E-state index contributed by atoms with van der Waals surface area (Å²) in [6.45, 7) is 8.78. The summed E-state index contributed by atoms with van der Waals surface area (Å²) in [5.74, 6) is -0.578. The second-order valence-corrected chi connectivity index (χ2v) is 13.4. The normalized spacial score (nSPS) is 11.1. The SMILES string of the molecule is CCCCCCCCCCCCCCCCCC(=O)NCCOCCOCC(=O)NCCOCCOCC(=O)NCCOCCOCC(=O)NCCCC. The maximum atomic E-state index is 12.0. The van der Waals surface area contributed by atoms with E-state index in [9.17, 15) is 19.2 Å². The molecule has 0 aromatic heterocycles. The smallest absolute Gasteiger partial charge is 0.246 e. The van der Waals surface area contributed by atoms with E-state index in [-0.39, 0.29) is 63.3 Å². The van der Waals surface area contributed by atoms with Gasteiger partial charge in [-0.2, -0.15) is 0 Å². The Bertz CT molecular complexity index is 869. The van der Waals surface area contributed by atoms with E-state index in [1.807, 2.05) is 0 Å². The molecule has 0 rings (SSSR count). The molecule has 0 saturated heterocycles. The van der Waals surface area contributed by atoms with Crippen LogP contribution >= 0.6 is 0 Å². The third-order valence-corrected chi connectivity index (χ3v) is 8.38. The van der Waals surface area contributed by atoms with E-state index in [1.54, 1.807) is 0 Å². The molecule has 0 aromatic rings. The van der Waals surface area contributed by atoms with E-state index in [2.05, 4.69) is 35.1 Å². The number of hydrogen-bond donors (Lipinski definition) is 4. The molecule has 0 aliphatic rings. The van der Waals surface area contributed by atoms with Crippen molar-refractivity contribution < 1.29 is 47.6 Å². The number of hydrogen-bond acceptors (Lipinski definition) is 10. The summed E-state index contributed by atoms with van der Waals surface area (Å²) in [4.78, 5) is 47.2. The number of amides is 4. The van der Waals surface area contributed by atoms with E-state index >= 15 is 0 Å². The fourth-order valence-electron chi connectivity index (χ4n) is 5.25. The first-order valence-electron chi connectivity index (χ1n) is 21.0. The maximum Gasteiger partial charge on any atom is 0.246 e. The van der Waals surface area contributed by atoms with Gasteiger partial charge in [-0.15, -0.1) is 0 Å². The van der Waals surface area contributed by atoms with Crippen LogP contribution in [0.25, 0.3) is 0 Å². The van der Waals surface area contributed by atoms with Crippen LogP contribution in [-0.4, -0.2) is 129 Å². The molecule has 4 amide bonds. The Labute approximate surface area is 326 Å². The minimum Gasteiger partial charge on any atom is -0.377 e. The number of carbonyl (C=O) groups is 4. The Hall–Kier alpha value is -2.36. The van der Waals surface area contributed by atoms with Crippen molar-refractivity contribution in [1.29, 1.82) is 0 Å². The van der Waals surface area contributed by atoms with Gasteiger partial charge in [-0.1, -0.05) is 110 Å². The lowest BCUT2D eigenvalue weighted by Gasteiger charge is -2.09. The molecule has 0 aromatic carbocycles. The Kier molecular flexibility index (Phi) is 41.5. The minimum absolute atomic E-state index is 0.00952. The van der Waals surface area contributed by atoms with Gasteiger partial charge in [0.25, 0.3) is 0 Å². The summed E-state index contributed by atoms with van der Waals surface area (Å²) in [5, 5.41) is 11.0. The van der Waals surface area contributed by atoms with Gasteiger partial charge in [0.15, 0.2) is 0 Å². The molecule has 0 unspecified atom stereocenters. The van der Waals surface area contributed by atoms with Gasteiger partial charge in [0.1, 0.15) is 19.8 Å². The van der Waals surface area contributed by atoms with E-state index in [4.69, 9.17) is 28.4 Å². The highest BCUT2D eigenvalue weighted by Crippen LogP contribution is 2.13. The topological polar surface area (TPSA) is 172 Å². The summed E-state index contributed by atoms with van der Waals surface area (Å²) in [7, 11) is 0. The van der Waals surface area contributed by atoms with Gasteiger partial charge in [0, 0.05) is 32.6 Å². The highest BCUT2D eigenvalue weighted by atomic mass is 16.5. The average molecular weight is 775 g/mol. The van der Waals surface area contributed by atoms with E-state index in [0.29, 0.717) is 72.2 Å². The molecule has 0 radical (unpaired) electrons. The van der Waals surface area contributed by atoms with Gasteiger partial charge < -0.3 is 49.7 Å². The Morgan fingerprint density at radius 2 is 0.611 bits per heavy atom. The van der Waals surface area contributed by atoms with Crippen molar-refractivity contribution >= 4 is 23.6 Å². The lowest BCUT2D eigenvalue weighted by atomic mass is 10.0. The highest BCUT2D eigenvalue weighted by molar-refractivity contribution is 5.77.